The van der Waals surface area contributed by atoms with Gasteiger partial charge in [0.05, 0.1) is 14.2 Å². The summed E-state index contributed by atoms with van der Waals surface area (Å²) in [5, 5.41) is 15.8. The Kier molecular flexibility index (Phi) is 8.93. The number of hydrogen-bond donors (Lipinski definition) is 1. The first-order chi connectivity index (χ1) is 18.5. The Labute approximate surface area is 223 Å². The number of aryl methyl sites for hydroxylation is 1. The van der Waals surface area contributed by atoms with Crippen molar-refractivity contribution >= 4 is 17.5 Å². The molecule has 0 radical (unpaired) electrons. The number of carbonyl (C=O) groups excluding carboxylic acids is 2. The monoisotopic (exact) mass is 520 g/mol. The molecule has 4 rings (SSSR count). The molecule has 1 atom stereocenters. The van der Waals surface area contributed by atoms with Gasteiger partial charge in [-0.2, -0.15) is 4.80 Å². The Hall–Kier alpha value is -3.95. The van der Waals surface area contributed by atoms with Crippen LogP contribution >= 0.6 is 0 Å². The fourth-order valence-electron chi connectivity index (χ4n) is 4.84. The fraction of sp³-hybridized carbons (Fsp3) is 0.464. The summed E-state index contributed by atoms with van der Waals surface area (Å²) in [7, 11) is 3.12. The molecule has 1 N–H and O–H groups in total. The second kappa shape index (κ2) is 12.5. The first-order valence-corrected chi connectivity index (χ1v) is 13.2. The SMILES string of the molecule is CCc1ccc(N(C(=O)Cn2nnc(-c3ccc(OC)c(OC)c3)n2)[C@@H](CC)C(=O)NC2CCCC2)cc1. The van der Waals surface area contributed by atoms with Crippen molar-refractivity contribution in [1.82, 2.24) is 25.5 Å². The number of amides is 2. The quantitative estimate of drug-likeness (QED) is 0.409. The molecule has 1 aliphatic carbocycles. The van der Waals surface area contributed by atoms with Crippen molar-refractivity contribution in [2.75, 3.05) is 19.1 Å². The van der Waals surface area contributed by atoms with Gasteiger partial charge >= 0.3 is 0 Å². The summed E-state index contributed by atoms with van der Waals surface area (Å²) in [6.07, 6.45) is 5.54. The normalized spacial score (nSPS) is 14.2. The van der Waals surface area contributed by atoms with Gasteiger partial charge in [-0.3, -0.25) is 14.5 Å². The summed E-state index contributed by atoms with van der Waals surface area (Å²) in [6, 6.07) is 12.6. The molecule has 202 valence electrons. The zero-order valence-electron chi connectivity index (χ0n) is 22.5. The molecule has 10 heteroatoms. The predicted molar refractivity (Wildman–Crippen MR) is 144 cm³/mol. The number of rotatable bonds is 11. The molecule has 38 heavy (non-hydrogen) atoms. The Bertz CT molecular complexity index is 1240. The van der Waals surface area contributed by atoms with Gasteiger partial charge < -0.3 is 14.8 Å². The zero-order valence-corrected chi connectivity index (χ0v) is 22.5. The standard InChI is InChI=1S/C28H36N6O4/c1-5-19-11-14-22(15-12-19)34(23(6-2)28(36)29-21-9-7-8-10-21)26(35)18-33-31-27(30-32-33)20-13-16-24(37-3)25(17-20)38-4/h11-17,21,23H,5-10,18H2,1-4H3,(H,29,36)/t23-/m0/s1. The second-order valence-corrected chi connectivity index (χ2v) is 9.41. The van der Waals surface area contributed by atoms with Crippen LogP contribution in [0, 0.1) is 0 Å². The van der Waals surface area contributed by atoms with E-state index in [2.05, 4.69) is 27.7 Å². The van der Waals surface area contributed by atoms with Gasteiger partial charge in [0.25, 0.3) is 5.91 Å². The molecule has 2 amide bonds. The van der Waals surface area contributed by atoms with Gasteiger partial charge in [0.15, 0.2) is 11.5 Å². The molecule has 0 aliphatic heterocycles. The van der Waals surface area contributed by atoms with Gasteiger partial charge in [0.2, 0.25) is 11.7 Å². The lowest BCUT2D eigenvalue weighted by Crippen LogP contribution is -2.52. The number of nitrogens with one attached hydrogen (secondary N) is 1. The van der Waals surface area contributed by atoms with Crippen LogP contribution in [0.5, 0.6) is 11.5 Å². The van der Waals surface area contributed by atoms with Crippen molar-refractivity contribution in [2.45, 2.75) is 71.0 Å². The van der Waals surface area contributed by atoms with E-state index in [-0.39, 0.29) is 24.4 Å². The number of tetrazole rings is 1. The summed E-state index contributed by atoms with van der Waals surface area (Å²) < 4.78 is 10.7. The lowest BCUT2D eigenvalue weighted by molar-refractivity contribution is -0.127. The molecule has 1 aliphatic rings. The van der Waals surface area contributed by atoms with E-state index in [1.165, 1.54) is 4.80 Å². The number of nitrogens with zero attached hydrogens (tertiary/aromatic N) is 5. The molecule has 1 fully saturated rings. The highest BCUT2D eigenvalue weighted by atomic mass is 16.5. The fourth-order valence-corrected chi connectivity index (χ4v) is 4.84. The molecule has 1 heterocycles. The Morgan fingerprint density at radius 3 is 2.39 bits per heavy atom. The lowest BCUT2D eigenvalue weighted by Gasteiger charge is -2.31. The maximum Gasteiger partial charge on any atom is 0.251 e. The van der Waals surface area contributed by atoms with Crippen LogP contribution in [0.3, 0.4) is 0 Å². The summed E-state index contributed by atoms with van der Waals surface area (Å²) in [4.78, 5) is 29.9. The summed E-state index contributed by atoms with van der Waals surface area (Å²) in [5.41, 5.74) is 2.50. The summed E-state index contributed by atoms with van der Waals surface area (Å²) in [6.45, 7) is 3.83. The minimum Gasteiger partial charge on any atom is -0.493 e. The molecule has 3 aromatic rings. The van der Waals surface area contributed by atoms with E-state index in [4.69, 9.17) is 9.47 Å². The Morgan fingerprint density at radius 1 is 1.05 bits per heavy atom. The smallest absolute Gasteiger partial charge is 0.251 e. The summed E-state index contributed by atoms with van der Waals surface area (Å²) in [5.74, 6) is 1.05. The van der Waals surface area contributed by atoms with E-state index in [1.807, 2.05) is 31.2 Å². The average molecular weight is 521 g/mol. The summed E-state index contributed by atoms with van der Waals surface area (Å²) >= 11 is 0. The highest BCUT2D eigenvalue weighted by Crippen LogP contribution is 2.31. The largest absolute Gasteiger partial charge is 0.493 e. The number of carbonyl (C=O) groups is 2. The van der Waals surface area contributed by atoms with Crippen molar-refractivity contribution in [1.29, 1.82) is 0 Å². The molecule has 10 nitrogen and oxygen atoms in total. The van der Waals surface area contributed by atoms with Crippen LogP contribution in [-0.2, 0) is 22.6 Å². The van der Waals surface area contributed by atoms with E-state index in [9.17, 15) is 9.59 Å². The first kappa shape index (κ1) is 27.1. The number of aromatic nitrogens is 4. The molecule has 1 aromatic heterocycles. The number of anilines is 1. The van der Waals surface area contributed by atoms with Crippen LogP contribution in [-0.4, -0.2) is 58.3 Å². The number of hydrogen-bond acceptors (Lipinski definition) is 7. The van der Waals surface area contributed by atoms with E-state index in [1.54, 1.807) is 37.3 Å². The molecule has 2 aromatic carbocycles. The van der Waals surface area contributed by atoms with E-state index < -0.39 is 6.04 Å². The van der Waals surface area contributed by atoms with Gasteiger partial charge in [-0.05, 0) is 66.8 Å². The third kappa shape index (κ3) is 6.12. The third-order valence-corrected chi connectivity index (χ3v) is 6.97. The highest BCUT2D eigenvalue weighted by Gasteiger charge is 2.32. The first-order valence-electron chi connectivity index (χ1n) is 13.2. The van der Waals surface area contributed by atoms with Crippen molar-refractivity contribution in [3.63, 3.8) is 0 Å². The lowest BCUT2D eigenvalue weighted by atomic mass is 10.1. The van der Waals surface area contributed by atoms with E-state index >= 15 is 0 Å². The van der Waals surface area contributed by atoms with Crippen molar-refractivity contribution in [3.8, 4) is 22.9 Å². The van der Waals surface area contributed by atoms with Gasteiger partial charge in [-0.15, -0.1) is 10.2 Å². The van der Waals surface area contributed by atoms with Crippen LogP contribution in [0.2, 0.25) is 0 Å². The average Bonchev–Trinajstić information content (AvgIpc) is 3.63. The maximum absolute atomic E-state index is 13.7. The van der Waals surface area contributed by atoms with Crippen molar-refractivity contribution in [2.24, 2.45) is 0 Å². The number of methoxy groups -OCH3 is 2. The van der Waals surface area contributed by atoms with Crippen LogP contribution in [0.1, 0.15) is 51.5 Å². The maximum atomic E-state index is 13.7. The van der Waals surface area contributed by atoms with Gasteiger partial charge in [0, 0.05) is 17.3 Å². The number of ether oxygens (including phenoxy) is 2. The van der Waals surface area contributed by atoms with Crippen molar-refractivity contribution in [3.05, 3.63) is 48.0 Å². The van der Waals surface area contributed by atoms with Crippen LogP contribution in [0.15, 0.2) is 42.5 Å². The molecule has 0 unspecified atom stereocenters. The Balaban J connectivity index is 1.58. The molecular formula is C28H36N6O4. The molecule has 0 saturated heterocycles. The third-order valence-electron chi connectivity index (χ3n) is 6.97. The highest BCUT2D eigenvalue weighted by molar-refractivity contribution is 6.00. The van der Waals surface area contributed by atoms with Crippen LogP contribution in [0.25, 0.3) is 11.4 Å². The topological polar surface area (TPSA) is 111 Å². The van der Waals surface area contributed by atoms with Gasteiger partial charge in [-0.25, -0.2) is 0 Å². The second-order valence-electron chi connectivity index (χ2n) is 9.41. The predicted octanol–water partition coefficient (Wildman–Crippen LogP) is 3.79. The minimum atomic E-state index is -0.649. The van der Waals surface area contributed by atoms with Gasteiger partial charge in [0.1, 0.15) is 12.6 Å². The number of benzene rings is 2. The molecule has 1 saturated carbocycles. The van der Waals surface area contributed by atoms with Crippen molar-refractivity contribution < 1.29 is 19.1 Å². The van der Waals surface area contributed by atoms with Crippen LogP contribution < -0.4 is 19.7 Å². The van der Waals surface area contributed by atoms with Gasteiger partial charge in [-0.1, -0.05) is 38.8 Å². The van der Waals surface area contributed by atoms with Crippen LogP contribution in [0.4, 0.5) is 5.69 Å². The minimum absolute atomic E-state index is 0.134. The van der Waals surface area contributed by atoms with E-state index in [0.717, 1.165) is 37.7 Å². The Morgan fingerprint density at radius 2 is 1.76 bits per heavy atom. The molecule has 0 bridgehead atoms. The zero-order chi connectivity index (χ0) is 27.1. The molecule has 0 spiro atoms. The molecular weight excluding hydrogens is 484 g/mol. The van der Waals surface area contributed by atoms with E-state index in [0.29, 0.717) is 35.0 Å².